The largest absolute Gasteiger partial charge is 0.481 e. The zero-order valence-corrected chi connectivity index (χ0v) is 16.2. The predicted octanol–water partition coefficient (Wildman–Crippen LogP) is 4.72. The number of carboxylic acid groups (broad SMARTS) is 2. The van der Waals surface area contributed by atoms with Crippen molar-refractivity contribution < 1.29 is 38.7 Å². The van der Waals surface area contributed by atoms with E-state index in [0.29, 0.717) is 29.4 Å². The molecule has 1 aliphatic heterocycles. The van der Waals surface area contributed by atoms with Crippen molar-refractivity contribution in [2.75, 3.05) is 6.79 Å². The molecule has 0 aliphatic carbocycles. The molecule has 8 heteroatoms. The van der Waals surface area contributed by atoms with Crippen molar-refractivity contribution in [2.24, 2.45) is 0 Å². The van der Waals surface area contributed by atoms with Crippen LogP contribution in [0.4, 0.5) is 0 Å². The van der Waals surface area contributed by atoms with Crippen LogP contribution >= 0.6 is 0 Å². The summed E-state index contributed by atoms with van der Waals surface area (Å²) in [5, 5.41) is 18.6. The van der Waals surface area contributed by atoms with Crippen molar-refractivity contribution in [2.45, 2.75) is 12.8 Å². The lowest BCUT2D eigenvalue weighted by molar-refractivity contribution is -0.136. The van der Waals surface area contributed by atoms with E-state index >= 15 is 0 Å². The van der Waals surface area contributed by atoms with Crippen LogP contribution in [0.25, 0.3) is 0 Å². The molecule has 0 spiro atoms. The van der Waals surface area contributed by atoms with Crippen LogP contribution in [-0.4, -0.2) is 28.9 Å². The number of hydrogen-bond acceptors (Lipinski definition) is 6. The van der Waals surface area contributed by atoms with Gasteiger partial charge in [0.15, 0.2) is 11.5 Å². The highest BCUT2D eigenvalue weighted by Crippen LogP contribution is 2.39. The van der Waals surface area contributed by atoms with Gasteiger partial charge in [-0.15, -0.1) is 0 Å². The van der Waals surface area contributed by atoms with E-state index < -0.39 is 11.9 Å². The molecule has 0 saturated heterocycles. The third-order valence-corrected chi connectivity index (χ3v) is 4.53. The van der Waals surface area contributed by atoms with Gasteiger partial charge in [0.2, 0.25) is 6.79 Å². The SMILES string of the molecule is O=C(O)CCc1cccc(Oc2cccc(Oc3ccc4c(c3)OCO4)c2C(=O)O)c1. The molecule has 0 radical (unpaired) electrons. The minimum absolute atomic E-state index is 0.0112. The number of hydrogen-bond donors (Lipinski definition) is 2. The van der Waals surface area contributed by atoms with Crippen LogP contribution in [-0.2, 0) is 11.2 Å². The number of aromatic carboxylic acids is 1. The molecule has 8 nitrogen and oxygen atoms in total. The van der Waals surface area contributed by atoms with Gasteiger partial charge >= 0.3 is 11.9 Å². The van der Waals surface area contributed by atoms with E-state index in [1.165, 1.54) is 12.1 Å². The van der Waals surface area contributed by atoms with Crippen molar-refractivity contribution >= 4 is 11.9 Å². The fourth-order valence-corrected chi connectivity index (χ4v) is 3.10. The number of aliphatic carboxylic acids is 1. The Kier molecular flexibility index (Phi) is 5.61. The summed E-state index contributed by atoms with van der Waals surface area (Å²) in [6, 6.07) is 16.5. The maximum Gasteiger partial charge on any atom is 0.343 e. The summed E-state index contributed by atoms with van der Waals surface area (Å²) in [7, 11) is 0. The molecule has 0 amide bonds. The number of aryl methyl sites for hydroxylation is 1. The number of carbonyl (C=O) groups is 2. The highest BCUT2D eigenvalue weighted by Gasteiger charge is 2.21. The van der Waals surface area contributed by atoms with E-state index in [-0.39, 0.29) is 30.3 Å². The zero-order chi connectivity index (χ0) is 21.8. The molecule has 3 aromatic carbocycles. The van der Waals surface area contributed by atoms with Gasteiger partial charge < -0.3 is 29.2 Å². The molecular weight excluding hydrogens is 404 g/mol. The second-order valence-electron chi connectivity index (χ2n) is 6.69. The minimum atomic E-state index is -1.21. The van der Waals surface area contributed by atoms with Crippen LogP contribution in [0, 0.1) is 0 Å². The van der Waals surface area contributed by atoms with Gasteiger partial charge in [-0.05, 0) is 48.4 Å². The number of benzene rings is 3. The van der Waals surface area contributed by atoms with Crippen LogP contribution in [0.2, 0.25) is 0 Å². The Morgan fingerprint density at radius 3 is 2.23 bits per heavy atom. The smallest absolute Gasteiger partial charge is 0.343 e. The molecule has 1 heterocycles. The van der Waals surface area contributed by atoms with Crippen LogP contribution in [0.3, 0.4) is 0 Å². The fraction of sp³-hybridized carbons (Fsp3) is 0.130. The van der Waals surface area contributed by atoms with Gasteiger partial charge in [0, 0.05) is 12.5 Å². The quantitative estimate of drug-likeness (QED) is 0.537. The molecule has 3 aromatic rings. The Hall–Kier alpha value is -4.20. The first-order valence-corrected chi connectivity index (χ1v) is 9.42. The highest BCUT2D eigenvalue weighted by atomic mass is 16.7. The molecule has 31 heavy (non-hydrogen) atoms. The Morgan fingerprint density at radius 1 is 0.839 bits per heavy atom. The van der Waals surface area contributed by atoms with Crippen molar-refractivity contribution in [3.63, 3.8) is 0 Å². The molecule has 158 valence electrons. The van der Waals surface area contributed by atoms with Gasteiger partial charge in [-0.25, -0.2) is 4.79 Å². The van der Waals surface area contributed by atoms with E-state index in [9.17, 15) is 14.7 Å². The lowest BCUT2D eigenvalue weighted by Gasteiger charge is -2.14. The van der Waals surface area contributed by atoms with Gasteiger partial charge in [0.25, 0.3) is 0 Å². The summed E-state index contributed by atoms with van der Waals surface area (Å²) >= 11 is 0. The predicted molar refractivity (Wildman–Crippen MR) is 109 cm³/mol. The normalized spacial score (nSPS) is 11.7. The average Bonchev–Trinajstić information content (AvgIpc) is 3.20. The zero-order valence-electron chi connectivity index (χ0n) is 16.2. The standard InChI is InChI=1S/C23H18O8/c24-21(25)10-7-14-3-1-4-15(11-14)30-18-5-2-6-19(22(18)23(26)27)31-16-8-9-17-20(12-16)29-13-28-17/h1-6,8-9,11-12H,7,10,13H2,(H,24,25)(H,26,27). The molecular formula is C23H18O8. The lowest BCUT2D eigenvalue weighted by atomic mass is 10.1. The number of rotatable bonds is 8. The first kappa shape index (κ1) is 20.1. The summed E-state index contributed by atoms with van der Waals surface area (Å²) in [4.78, 5) is 22.8. The van der Waals surface area contributed by atoms with E-state index in [1.54, 1.807) is 48.5 Å². The Labute approximate surface area is 177 Å². The van der Waals surface area contributed by atoms with Crippen molar-refractivity contribution in [1.82, 2.24) is 0 Å². The molecule has 0 aromatic heterocycles. The third kappa shape index (κ3) is 4.69. The fourth-order valence-electron chi connectivity index (χ4n) is 3.10. The Balaban J connectivity index is 1.60. The summed E-state index contributed by atoms with van der Waals surface area (Å²) in [6.45, 7) is 0.119. The topological polar surface area (TPSA) is 112 Å². The molecule has 0 fully saturated rings. The van der Waals surface area contributed by atoms with Crippen molar-refractivity contribution in [1.29, 1.82) is 0 Å². The van der Waals surface area contributed by atoms with E-state index in [4.69, 9.17) is 24.1 Å². The Bertz CT molecular complexity index is 1140. The monoisotopic (exact) mass is 422 g/mol. The van der Waals surface area contributed by atoms with Gasteiger partial charge in [-0.3, -0.25) is 4.79 Å². The number of carboxylic acids is 2. The van der Waals surface area contributed by atoms with Crippen LogP contribution in [0.5, 0.6) is 34.5 Å². The van der Waals surface area contributed by atoms with Crippen molar-refractivity contribution in [3.05, 3.63) is 71.8 Å². The second kappa shape index (κ2) is 8.66. The third-order valence-electron chi connectivity index (χ3n) is 4.53. The van der Waals surface area contributed by atoms with E-state index in [0.717, 1.165) is 5.56 Å². The number of fused-ring (bicyclic) bond motifs is 1. The molecule has 0 unspecified atom stereocenters. The van der Waals surface area contributed by atoms with Crippen LogP contribution in [0.15, 0.2) is 60.7 Å². The lowest BCUT2D eigenvalue weighted by Crippen LogP contribution is -2.03. The highest BCUT2D eigenvalue weighted by molar-refractivity contribution is 5.94. The number of ether oxygens (including phenoxy) is 4. The molecule has 1 aliphatic rings. The van der Waals surface area contributed by atoms with Crippen molar-refractivity contribution in [3.8, 4) is 34.5 Å². The van der Waals surface area contributed by atoms with Gasteiger partial charge in [-0.1, -0.05) is 18.2 Å². The van der Waals surface area contributed by atoms with Gasteiger partial charge in [-0.2, -0.15) is 0 Å². The minimum Gasteiger partial charge on any atom is -0.481 e. The first-order valence-electron chi connectivity index (χ1n) is 9.42. The Morgan fingerprint density at radius 2 is 1.52 bits per heavy atom. The van der Waals surface area contributed by atoms with Gasteiger partial charge in [0.05, 0.1) is 0 Å². The van der Waals surface area contributed by atoms with E-state index in [2.05, 4.69) is 0 Å². The summed E-state index contributed by atoms with van der Waals surface area (Å²) in [6.07, 6.45) is 0.328. The molecule has 4 rings (SSSR count). The van der Waals surface area contributed by atoms with Gasteiger partial charge in [0.1, 0.15) is 28.6 Å². The van der Waals surface area contributed by atoms with Crippen LogP contribution in [0.1, 0.15) is 22.3 Å². The molecule has 2 N–H and O–H groups in total. The summed E-state index contributed by atoms with van der Waals surface area (Å²) in [5.41, 5.74) is 0.626. The summed E-state index contributed by atoms with van der Waals surface area (Å²) < 4.78 is 22.2. The summed E-state index contributed by atoms with van der Waals surface area (Å²) in [5.74, 6) is -0.0240. The maximum absolute atomic E-state index is 12.0. The van der Waals surface area contributed by atoms with E-state index in [1.807, 2.05) is 0 Å². The average molecular weight is 422 g/mol. The first-order chi connectivity index (χ1) is 15.0. The molecule has 0 bridgehead atoms. The molecule has 0 saturated carbocycles. The maximum atomic E-state index is 12.0. The second-order valence-corrected chi connectivity index (χ2v) is 6.69. The molecule has 0 atom stereocenters. The van der Waals surface area contributed by atoms with Crippen LogP contribution < -0.4 is 18.9 Å².